The van der Waals surface area contributed by atoms with Gasteiger partial charge < -0.3 is 20.8 Å². The topological polar surface area (TPSA) is 96.5 Å². The average molecular weight is 504 g/mol. The summed E-state index contributed by atoms with van der Waals surface area (Å²) in [5, 5.41) is 9.22. The lowest BCUT2D eigenvalue weighted by Gasteiger charge is -2.46. The molecule has 2 amide bonds. The number of primary amides is 1. The second-order valence-corrected chi connectivity index (χ2v) is 11.9. The maximum absolute atomic E-state index is 12.9. The number of carbonyl (C=O) groups is 2. The van der Waals surface area contributed by atoms with Gasteiger partial charge >= 0.3 is 0 Å². The Bertz CT molecular complexity index is 1100. The number of allylic oxidation sites excluding steroid dienone is 1. The van der Waals surface area contributed by atoms with Crippen molar-refractivity contribution in [2.24, 2.45) is 28.9 Å². The van der Waals surface area contributed by atoms with Gasteiger partial charge in [-0.2, -0.15) is 0 Å². The molecule has 1 spiro atoms. The molecule has 4 aliphatic rings. The van der Waals surface area contributed by atoms with E-state index in [9.17, 15) is 15.0 Å². The van der Waals surface area contributed by atoms with Crippen LogP contribution in [0.2, 0.25) is 0 Å². The number of likely N-dealkylation sites (tertiary alicyclic amines) is 1. The fraction of sp³-hybridized carbons (Fsp3) is 0.581. The van der Waals surface area contributed by atoms with Gasteiger partial charge in [-0.25, -0.2) is 0 Å². The first-order valence-corrected chi connectivity index (χ1v) is 14.1. The molecule has 3 fully saturated rings. The maximum atomic E-state index is 12.9. The summed E-state index contributed by atoms with van der Waals surface area (Å²) < 4.78 is 5.93. The Morgan fingerprint density at radius 2 is 1.86 bits per heavy atom. The highest BCUT2D eigenvalue weighted by Crippen LogP contribution is 2.54. The first kappa shape index (κ1) is 25.7. The molecule has 1 aromatic carbocycles. The van der Waals surface area contributed by atoms with E-state index in [4.69, 9.17) is 10.5 Å². The monoisotopic (exact) mass is 503 g/mol. The standard InChI is InChI=1S/C31H41N3O3/c1-3-21-6-5-7-23(16-20-17-31(18-20)14-15-34(19-31)26(35)4-2)29(32)28(30(33)36)27(21)22-8-10-24(11-9-22)37-25-12-13-25/h4,8-11,20-21,23,25,32H,2-3,5-7,12-19H2,1H3,(H2,33,36)/b28-27-,32-29?. The highest BCUT2D eigenvalue weighted by molar-refractivity contribution is 6.26. The van der Waals surface area contributed by atoms with E-state index in [1.165, 1.54) is 6.08 Å². The number of benzene rings is 1. The molecular formula is C31H41N3O3. The third-order valence-electron chi connectivity index (χ3n) is 9.18. The van der Waals surface area contributed by atoms with Crippen LogP contribution >= 0.6 is 0 Å². The molecule has 1 saturated heterocycles. The molecule has 198 valence electrons. The fourth-order valence-electron chi connectivity index (χ4n) is 7.15. The van der Waals surface area contributed by atoms with E-state index in [0.717, 1.165) is 94.2 Å². The Labute approximate surface area is 220 Å². The van der Waals surface area contributed by atoms with Crippen LogP contribution in [0.4, 0.5) is 0 Å². The van der Waals surface area contributed by atoms with Gasteiger partial charge in [0, 0.05) is 24.7 Å². The third kappa shape index (κ3) is 5.39. The number of rotatable bonds is 8. The molecule has 5 rings (SSSR count). The van der Waals surface area contributed by atoms with Gasteiger partial charge in [0.05, 0.1) is 11.7 Å². The van der Waals surface area contributed by atoms with Gasteiger partial charge in [-0.1, -0.05) is 32.1 Å². The van der Waals surface area contributed by atoms with Gasteiger partial charge in [0.2, 0.25) is 5.91 Å². The minimum absolute atomic E-state index is 0.0310. The number of amides is 2. The quantitative estimate of drug-likeness (QED) is 0.457. The van der Waals surface area contributed by atoms with E-state index >= 15 is 0 Å². The summed E-state index contributed by atoms with van der Waals surface area (Å²) in [7, 11) is 0. The normalized spacial score (nSPS) is 32.0. The molecule has 3 N–H and O–H groups in total. The van der Waals surface area contributed by atoms with Gasteiger partial charge in [0.1, 0.15) is 5.75 Å². The van der Waals surface area contributed by atoms with Crippen LogP contribution in [0.5, 0.6) is 5.75 Å². The van der Waals surface area contributed by atoms with Crippen LogP contribution in [0, 0.1) is 28.6 Å². The summed E-state index contributed by atoms with van der Waals surface area (Å²) in [4.78, 5) is 26.9. The van der Waals surface area contributed by atoms with Crippen molar-refractivity contribution in [3.63, 3.8) is 0 Å². The number of nitrogens with two attached hydrogens (primary N) is 1. The third-order valence-corrected chi connectivity index (χ3v) is 9.18. The Morgan fingerprint density at radius 3 is 2.49 bits per heavy atom. The van der Waals surface area contributed by atoms with Crippen molar-refractivity contribution in [3.8, 4) is 5.75 Å². The summed E-state index contributed by atoms with van der Waals surface area (Å²) in [6, 6.07) is 8.05. The van der Waals surface area contributed by atoms with Crippen molar-refractivity contribution < 1.29 is 14.3 Å². The summed E-state index contributed by atoms with van der Waals surface area (Å²) in [5.74, 6) is 1.19. The Kier molecular flexibility index (Phi) is 7.28. The predicted octanol–water partition coefficient (Wildman–Crippen LogP) is 5.52. The van der Waals surface area contributed by atoms with E-state index < -0.39 is 5.91 Å². The van der Waals surface area contributed by atoms with Crippen LogP contribution in [-0.4, -0.2) is 41.6 Å². The number of hydrogen-bond acceptors (Lipinski definition) is 4. The summed E-state index contributed by atoms with van der Waals surface area (Å²) in [5.41, 5.74) is 9.03. The first-order valence-electron chi connectivity index (χ1n) is 14.1. The Morgan fingerprint density at radius 1 is 1.16 bits per heavy atom. The van der Waals surface area contributed by atoms with E-state index in [1.54, 1.807) is 0 Å². The Hall–Kier alpha value is -2.89. The number of hydrogen-bond donors (Lipinski definition) is 2. The summed E-state index contributed by atoms with van der Waals surface area (Å²) in [6.45, 7) is 7.43. The molecule has 6 heteroatoms. The summed E-state index contributed by atoms with van der Waals surface area (Å²) >= 11 is 0. The molecule has 2 unspecified atom stereocenters. The Balaban J connectivity index is 1.34. The molecule has 0 radical (unpaired) electrons. The van der Waals surface area contributed by atoms with Gasteiger partial charge in [0.15, 0.2) is 0 Å². The van der Waals surface area contributed by atoms with Gasteiger partial charge in [-0.15, -0.1) is 0 Å². The van der Waals surface area contributed by atoms with Gasteiger partial charge in [-0.3, -0.25) is 9.59 Å². The molecule has 3 aliphatic carbocycles. The lowest BCUT2D eigenvalue weighted by Crippen LogP contribution is -2.42. The number of carbonyl (C=O) groups excluding carboxylic acids is 2. The largest absolute Gasteiger partial charge is 0.490 e. The SMILES string of the molecule is C=CC(=O)N1CCC2(CC(CC3CCCC(CC)/C(c4ccc(OC5CC5)cc4)=C(/C(N)=O)C3=N)C2)C1. The van der Waals surface area contributed by atoms with Crippen LogP contribution in [-0.2, 0) is 9.59 Å². The minimum atomic E-state index is -0.483. The molecule has 1 aliphatic heterocycles. The van der Waals surface area contributed by atoms with Crippen LogP contribution in [0.25, 0.3) is 5.57 Å². The number of ether oxygens (including phenoxy) is 1. The second kappa shape index (κ2) is 10.5. The zero-order valence-corrected chi connectivity index (χ0v) is 22.1. The molecule has 1 heterocycles. The van der Waals surface area contributed by atoms with E-state index in [1.807, 2.05) is 29.2 Å². The van der Waals surface area contributed by atoms with Crippen molar-refractivity contribution in [2.45, 2.75) is 77.2 Å². The van der Waals surface area contributed by atoms with E-state index in [-0.39, 0.29) is 23.2 Å². The van der Waals surface area contributed by atoms with Crippen molar-refractivity contribution in [1.29, 1.82) is 5.41 Å². The zero-order chi connectivity index (χ0) is 26.2. The average Bonchev–Trinajstić information content (AvgIpc) is 3.57. The molecule has 2 saturated carbocycles. The molecular weight excluding hydrogens is 462 g/mol. The van der Waals surface area contributed by atoms with Crippen molar-refractivity contribution in [3.05, 3.63) is 48.1 Å². The fourth-order valence-corrected chi connectivity index (χ4v) is 7.15. The minimum Gasteiger partial charge on any atom is -0.490 e. The van der Waals surface area contributed by atoms with Gasteiger partial charge in [0.25, 0.3) is 5.91 Å². The van der Waals surface area contributed by atoms with Crippen molar-refractivity contribution >= 4 is 23.1 Å². The highest BCUT2D eigenvalue weighted by Gasteiger charge is 2.49. The van der Waals surface area contributed by atoms with Crippen LogP contribution in [0.1, 0.15) is 76.7 Å². The van der Waals surface area contributed by atoms with E-state index in [0.29, 0.717) is 23.3 Å². The zero-order valence-electron chi connectivity index (χ0n) is 22.1. The van der Waals surface area contributed by atoms with Crippen molar-refractivity contribution in [2.75, 3.05) is 13.1 Å². The lowest BCUT2D eigenvalue weighted by atomic mass is 9.58. The molecule has 2 atom stereocenters. The lowest BCUT2D eigenvalue weighted by molar-refractivity contribution is -0.126. The highest BCUT2D eigenvalue weighted by atomic mass is 16.5. The first-order chi connectivity index (χ1) is 17.8. The smallest absolute Gasteiger partial charge is 0.250 e. The van der Waals surface area contributed by atoms with Crippen LogP contribution in [0.15, 0.2) is 42.5 Å². The molecule has 0 aromatic heterocycles. The number of nitrogens with one attached hydrogen (secondary N) is 1. The maximum Gasteiger partial charge on any atom is 0.250 e. The number of nitrogens with zero attached hydrogens (tertiary/aromatic N) is 1. The molecule has 6 nitrogen and oxygen atoms in total. The molecule has 37 heavy (non-hydrogen) atoms. The predicted molar refractivity (Wildman–Crippen MR) is 146 cm³/mol. The van der Waals surface area contributed by atoms with Crippen molar-refractivity contribution in [1.82, 2.24) is 4.90 Å². The van der Waals surface area contributed by atoms with Gasteiger partial charge in [-0.05, 0) is 104 Å². The van der Waals surface area contributed by atoms with Crippen LogP contribution < -0.4 is 10.5 Å². The van der Waals surface area contributed by atoms with Crippen LogP contribution in [0.3, 0.4) is 0 Å². The van der Waals surface area contributed by atoms with E-state index in [2.05, 4.69) is 13.5 Å². The molecule has 1 aromatic rings. The second-order valence-electron chi connectivity index (χ2n) is 11.9. The molecule has 0 bridgehead atoms. The summed E-state index contributed by atoms with van der Waals surface area (Å²) in [6.07, 6.45) is 12.0.